The maximum Gasteiger partial charge on any atom is 0.238 e. The molecule has 0 unspecified atom stereocenters. The van der Waals surface area contributed by atoms with Crippen molar-refractivity contribution in [2.24, 2.45) is 0 Å². The quantitative estimate of drug-likeness (QED) is 0.696. The highest BCUT2D eigenvalue weighted by molar-refractivity contribution is 8.01. The van der Waals surface area contributed by atoms with Gasteiger partial charge in [-0.25, -0.2) is 9.07 Å². The van der Waals surface area contributed by atoms with Crippen LogP contribution < -0.4 is 5.32 Å². The Balaban J connectivity index is 1.89. The standard InChI is InChI=1S/C20H18FN3O2S/c1-11-17-18(13-3-9-16(25)10-4-13)27-12(2)20(26)22-19(17)24(23-11)15-7-5-14(21)6-8-15/h3-10,12,18,25H,1-2H3,(H,22,26)/t12-,18-/m0/s1. The average Bonchev–Trinajstić information content (AvgIpc) is 2.89. The van der Waals surface area contributed by atoms with E-state index in [1.54, 1.807) is 28.9 Å². The first-order chi connectivity index (χ1) is 12.9. The van der Waals surface area contributed by atoms with Crippen LogP contribution in [0, 0.1) is 12.7 Å². The highest BCUT2D eigenvalue weighted by Crippen LogP contribution is 2.46. The predicted octanol–water partition coefficient (Wildman–Crippen LogP) is 4.19. The minimum absolute atomic E-state index is 0.106. The molecule has 1 aliphatic rings. The van der Waals surface area contributed by atoms with Gasteiger partial charge in [-0.2, -0.15) is 5.10 Å². The smallest absolute Gasteiger partial charge is 0.238 e. The number of anilines is 1. The van der Waals surface area contributed by atoms with Gasteiger partial charge >= 0.3 is 0 Å². The molecule has 1 amide bonds. The number of nitrogens with zero attached hydrogens (tertiary/aromatic N) is 2. The van der Waals surface area contributed by atoms with E-state index in [4.69, 9.17) is 0 Å². The van der Waals surface area contributed by atoms with E-state index in [-0.39, 0.29) is 28.0 Å². The highest BCUT2D eigenvalue weighted by Gasteiger charge is 2.34. The summed E-state index contributed by atoms with van der Waals surface area (Å²) in [5, 5.41) is 16.8. The van der Waals surface area contributed by atoms with E-state index in [0.717, 1.165) is 16.8 Å². The molecule has 7 heteroatoms. The number of benzene rings is 2. The first-order valence-corrected chi connectivity index (χ1v) is 9.49. The highest BCUT2D eigenvalue weighted by atomic mass is 32.2. The second kappa shape index (κ2) is 6.74. The fourth-order valence-electron chi connectivity index (χ4n) is 3.19. The Labute approximate surface area is 160 Å². The predicted molar refractivity (Wildman–Crippen MR) is 104 cm³/mol. The number of carbonyl (C=O) groups excluding carboxylic acids is 1. The molecule has 0 saturated carbocycles. The summed E-state index contributed by atoms with van der Waals surface area (Å²) in [5.74, 6) is 0.354. The number of phenolic OH excluding ortho intramolecular Hbond substituents is 1. The minimum atomic E-state index is -0.330. The third-order valence-corrected chi connectivity index (χ3v) is 5.99. The summed E-state index contributed by atoms with van der Waals surface area (Å²) >= 11 is 1.54. The summed E-state index contributed by atoms with van der Waals surface area (Å²) in [7, 11) is 0. The van der Waals surface area contributed by atoms with Gasteiger partial charge in [0.1, 0.15) is 17.4 Å². The normalized spacial score (nSPS) is 19.3. The van der Waals surface area contributed by atoms with Crippen molar-refractivity contribution in [3.63, 3.8) is 0 Å². The van der Waals surface area contributed by atoms with Crippen LogP contribution in [-0.4, -0.2) is 26.0 Å². The minimum Gasteiger partial charge on any atom is -0.508 e. The van der Waals surface area contributed by atoms with Crippen LogP contribution in [0.4, 0.5) is 10.2 Å². The zero-order valence-electron chi connectivity index (χ0n) is 14.8. The van der Waals surface area contributed by atoms with E-state index in [2.05, 4.69) is 10.4 Å². The third-order valence-electron chi connectivity index (χ3n) is 4.59. The number of thioether (sulfide) groups is 1. The summed E-state index contributed by atoms with van der Waals surface area (Å²) in [6, 6.07) is 13.0. The van der Waals surface area contributed by atoms with E-state index in [1.165, 1.54) is 23.9 Å². The van der Waals surface area contributed by atoms with Crippen molar-refractivity contribution in [2.75, 3.05) is 5.32 Å². The van der Waals surface area contributed by atoms with Crippen LogP contribution in [0.2, 0.25) is 0 Å². The number of aryl methyl sites for hydroxylation is 1. The van der Waals surface area contributed by atoms with Gasteiger partial charge in [0.15, 0.2) is 0 Å². The number of nitrogens with one attached hydrogen (secondary N) is 1. The first-order valence-electron chi connectivity index (χ1n) is 8.55. The number of aromatic nitrogens is 2. The van der Waals surface area contributed by atoms with Gasteiger partial charge in [-0.3, -0.25) is 4.79 Å². The zero-order chi connectivity index (χ0) is 19.1. The Morgan fingerprint density at radius 2 is 1.81 bits per heavy atom. The second-order valence-corrected chi connectivity index (χ2v) is 7.93. The molecule has 0 radical (unpaired) electrons. The van der Waals surface area contributed by atoms with Crippen LogP contribution in [0.25, 0.3) is 5.69 Å². The van der Waals surface area contributed by atoms with Crippen molar-refractivity contribution >= 4 is 23.5 Å². The van der Waals surface area contributed by atoms with E-state index in [0.29, 0.717) is 11.5 Å². The molecule has 2 N–H and O–H groups in total. The van der Waals surface area contributed by atoms with Crippen molar-refractivity contribution < 1.29 is 14.3 Å². The lowest BCUT2D eigenvalue weighted by Crippen LogP contribution is -2.22. The van der Waals surface area contributed by atoms with Gasteiger partial charge in [-0.15, -0.1) is 11.8 Å². The number of phenols is 1. The van der Waals surface area contributed by atoms with Gasteiger partial charge in [0.2, 0.25) is 5.91 Å². The summed E-state index contributed by atoms with van der Waals surface area (Å²) in [5.41, 5.74) is 3.34. The lowest BCUT2D eigenvalue weighted by molar-refractivity contribution is -0.115. The molecule has 2 heterocycles. The van der Waals surface area contributed by atoms with Crippen molar-refractivity contribution in [2.45, 2.75) is 24.3 Å². The molecule has 0 spiro atoms. The summed E-state index contributed by atoms with van der Waals surface area (Å²) in [6.45, 7) is 3.76. The molecule has 3 aromatic rings. The Bertz CT molecular complexity index is 999. The van der Waals surface area contributed by atoms with E-state index < -0.39 is 0 Å². The maximum atomic E-state index is 13.3. The third kappa shape index (κ3) is 3.19. The number of rotatable bonds is 2. The van der Waals surface area contributed by atoms with Crippen molar-refractivity contribution in [3.8, 4) is 11.4 Å². The number of hydrogen-bond donors (Lipinski definition) is 2. The molecule has 4 rings (SSSR count). The van der Waals surface area contributed by atoms with Crippen LogP contribution >= 0.6 is 11.8 Å². The number of carbonyl (C=O) groups is 1. The molecule has 2 atom stereocenters. The molecule has 1 aliphatic heterocycles. The second-order valence-electron chi connectivity index (χ2n) is 6.48. The summed E-state index contributed by atoms with van der Waals surface area (Å²) < 4.78 is 15.0. The average molecular weight is 383 g/mol. The maximum absolute atomic E-state index is 13.3. The summed E-state index contributed by atoms with van der Waals surface area (Å²) in [4.78, 5) is 12.6. The summed E-state index contributed by atoms with van der Waals surface area (Å²) in [6.07, 6.45) is 0. The zero-order valence-corrected chi connectivity index (χ0v) is 15.6. The molecule has 138 valence electrons. The van der Waals surface area contributed by atoms with Gasteiger partial charge in [-0.1, -0.05) is 12.1 Å². The Morgan fingerprint density at radius 1 is 1.15 bits per heavy atom. The molecule has 5 nitrogen and oxygen atoms in total. The molecular weight excluding hydrogens is 365 g/mol. The van der Waals surface area contributed by atoms with E-state index >= 15 is 0 Å². The number of fused-ring (bicyclic) bond motifs is 1. The molecule has 0 aliphatic carbocycles. The van der Waals surface area contributed by atoms with Gasteiger partial charge in [0.25, 0.3) is 0 Å². The molecule has 0 bridgehead atoms. The van der Waals surface area contributed by atoms with Crippen LogP contribution in [0.1, 0.15) is 29.0 Å². The Morgan fingerprint density at radius 3 is 2.48 bits per heavy atom. The van der Waals surface area contributed by atoms with Crippen molar-refractivity contribution in [1.29, 1.82) is 0 Å². The first kappa shape index (κ1) is 17.6. The SMILES string of the molecule is Cc1nn(-c2ccc(F)cc2)c2c1[C@H](c1ccc(O)cc1)S[C@@H](C)C(=O)N2. The van der Waals surface area contributed by atoms with E-state index in [9.17, 15) is 14.3 Å². The number of amides is 1. The lowest BCUT2D eigenvalue weighted by atomic mass is 10.0. The van der Waals surface area contributed by atoms with Crippen LogP contribution in [0.15, 0.2) is 48.5 Å². The molecule has 1 aromatic heterocycles. The number of halogens is 1. The Kier molecular flexibility index (Phi) is 4.39. The van der Waals surface area contributed by atoms with Crippen LogP contribution in [0.5, 0.6) is 5.75 Å². The number of aromatic hydroxyl groups is 1. The molecular formula is C20H18FN3O2S. The molecule has 0 saturated heterocycles. The number of hydrogen-bond acceptors (Lipinski definition) is 4. The molecule has 27 heavy (non-hydrogen) atoms. The van der Waals surface area contributed by atoms with Crippen molar-refractivity contribution in [3.05, 3.63) is 71.2 Å². The van der Waals surface area contributed by atoms with Gasteiger partial charge < -0.3 is 10.4 Å². The van der Waals surface area contributed by atoms with Gasteiger partial charge in [0, 0.05) is 5.56 Å². The van der Waals surface area contributed by atoms with Gasteiger partial charge in [-0.05, 0) is 55.8 Å². The Hall–Kier alpha value is -2.80. The van der Waals surface area contributed by atoms with Crippen LogP contribution in [0.3, 0.4) is 0 Å². The lowest BCUT2D eigenvalue weighted by Gasteiger charge is -2.17. The van der Waals surface area contributed by atoms with Gasteiger partial charge in [0.05, 0.1) is 21.9 Å². The molecule has 2 aromatic carbocycles. The molecule has 0 fully saturated rings. The van der Waals surface area contributed by atoms with Crippen molar-refractivity contribution in [1.82, 2.24) is 9.78 Å². The van der Waals surface area contributed by atoms with E-state index in [1.807, 2.05) is 26.0 Å². The monoisotopic (exact) mass is 383 g/mol. The largest absolute Gasteiger partial charge is 0.508 e. The topological polar surface area (TPSA) is 67.1 Å². The fraction of sp³-hybridized carbons (Fsp3) is 0.200. The van der Waals surface area contributed by atoms with Crippen LogP contribution in [-0.2, 0) is 4.79 Å². The fourth-order valence-corrected chi connectivity index (χ4v) is 4.51.